The monoisotopic (exact) mass is 318 g/mol. The second-order valence-electron chi connectivity index (χ2n) is 7.14. The number of piperazine rings is 1. The molecule has 0 aromatic carbocycles. The largest absolute Gasteiger partial charge is 0.357 e. The Kier molecular flexibility index (Phi) is 5.99. The molecule has 1 atom stereocenters. The van der Waals surface area contributed by atoms with Crippen LogP contribution in [0.15, 0.2) is 18.3 Å². The fourth-order valence-electron chi connectivity index (χ4n) is 2.87. The molecule has 5 heteroatoms. The van der Waals surface area contributed by atoms with E-state index >= 15 is 0 Å². The Bertz CT molecular complexity index is 512. The maximum atomic E-state index is 12.2. The quantitative estimate of drug-likeness (QED) is 0.874. The van der Waals surface area contributed by atoms with Crippen LogP contribution in [0.3, 0.4) is 0 Å². The molecule has 0 aliphatic carbocycles. The fourth-order valence-corrected chi connectivity index (χ4v) is 2.87. The summed E-state index contributed by atoms with van der Waals surface area (Å²) >= 11 is 0. The van der Waals surface area contributed by atoms with Gasteiger partial charge in [-0.2, -0.15) is 0 Å². The molecule has 0 spiro atoms. The van der Waals surface area contributed by atoms with Gasteiger partial charge in [0.05, 0.1) is 6.04 Å². The number of aromatic nitrogens is 1. The molecule has 23 heavy (non-hydrogen) atoms. The van der Waals surface area contributed by atoms with Crippen LogP contribution in [0.25, 0.3) is 0 Å². The van der Waals surface area contributed by atoms with E-state index in [4.69, 9.17) is 0 Å². The van der Waals surface area contributed by atoms with E-state index in [0.29, 0.717) is 12.0 Å². The number of hydrogen-bond donors (Lipinski definition) is 1. The van der Waals surface area contributed by atoms with Crippen LogP contribution >= 0.6 is 0 Å². The second kappa shape index (κ2) is 7.77. The molecule has 1 saturated heterocycles. The van der Waals surface area contributed by atoms with Crippen molar-refractivity contribution in [2.45, 2.75) is 52.7 Å². The SMILES string of the molecule is CC(C)CC1C(=O)NCCN1Cc1ccc(N(C)C(C)C)nc1. The predicted octanol–water partition coefficient (Wildman–Crippen LogP) is 2.27. The van der Waals surface area contributed by atoms with Gasteiger partial charge >= 0.3 is 0 Å². The Morgan fingerprint density at radius 3 is 2.65 bits per heavy atom. The number of nitrogens with one attached hydrogen (secondary N) is 1. The Morgan fingerprint density at radius 1 is 1.35 bits per heavy atom. The minimum atomic E-state index is -0.0261. The van der Waals surface area contributed by atoms with Gasteiger partial charge in [0.2, 0.25) is 5.91 Å². The van der Waals surface area contributed by atoms with Gasteiger partial charge in [-0.05, 0) is 37.8 Å². The minimum absolute atomic E-state index is 0.0261. The van der Waals surface area contributed by atoms with Crippen LogP contribution < -0.4 is 10.2 Å². The second-order valence-corrected chi connectivity index (χ2v) is 7.14. The number of pyridine rings is 1. The summed E-state index contributed by atoms with van der Waals surface area (Å²) in [6.45, 7) is 11.0. The average Bonchev–Trinajstić information content (AvgIpc) is 2.50. The van der Waals surface area contributed by atoms with Crippen LogP contribution in [0.5, 0.6) is 0 Å². The molecule has 0 bridgehead atoms. The van der Waals surface area contributed by atoms with E-state index in [-0.39, 0.29) is 11.9 Å². The van der Waals surface area contributed by atoms with Gasteiger partial charge in [0, 0.05) is 38.9 Å². The first-order chi connectivity index (χ1) is 10.9. The van der Waals surface area contributed by atoms with Crippen LogP contribution in [0.2, 0.25) is 0 Å². The van der Waals surface area contributed by atoms with Gasteiger partial charge in [-0.15, -0.1) is 0 Å². The molecule has 1 N–H and O–H groups in total. The van der Waals surface area contributed by atoms with Crippen molar-refractivity contribution in [3.05, 3.63) is 23.9 Å². The third kappa shape index (κ3) is 4.67. The first-order valence-electron chi connectivity index (χ1n) is 8.58. The minimum Gasteiger partial charge on any atom is -0.357 e. The summed E-state index contributed by atoms with van der Waals surface area (Å²) in [6, 6.07) is 4.59. The van der Waals surface area contributed by atoms with Crippen LogP contribution in [-0.4, -0.2) is 48.0 Å². The molecule has 1 aromatic heterocycles. The lowest BCUT2D eigenvalue weighted by Gasteiger charge is -2.36. The molecule has 1 aliphatic heterocycles. The Labute approximate surface area is 140 Å². The van der Waals surface area contributed by atoms with Gasteiger partial charge in [0.15, 0.2) is 0 Å². The van der Waals surface area contributed by atoms with Crippen molar-refractivity contribution in [2.24, 2.45) is 5.92 Å². The number of nitrogens with zero attached hydrogens (tertiary/aromatic N) is 3. The van der Waals surface area contributed by atoms with Crippen molar-refractivity contribution in [3.8, 4) is 0 Å². The first-order valence-corrected chi connectivity index (χ1v) is 8.58. The number of carbonyl (C=O) groups is 1. The van der Waals surface area contributed by atoms with E-state index in [0.717, 1.165) is 37.4 Å². The molecule has 0 saturated carbocycles. The van der Waals surface area contributed by atoms with Crippen LogP contribution in [0.1, 0.15) is 39.7 Å². The predicted molar refractivity (Wildman–Crippen MR) is 94.4 cm³/mol. The van der Waals surface area contributed by atoms with Gasteiger partial charge in [-0.3, -0.25) is 9.69 Å². The van der Waals surface area contributed by atoms with E-state index in [1.54, 1.807) is 0 Å². The van der Waals surface area contributed by atoms with Crippen LogP contribution in [-0.2, 0) is 11.3 Å². The molecule has 128 valence electrons. The van der Waals surface area contributed by atoms with Crippen LogP contribution in [0, 0.1) is 5.92 Å². The molecule has 1 unspecified atom stereocenters. The highest BCUT2D eigenvalue weighted by Crippen LogP contribution is 2.18. The topological polar surface area (TPSA) is 48.5 Å². The summed E-state index contributed by atoms with van der Waals surface area (Å²) in [6.07, 6.45) is 2.83. The lowest BCUT2D eigenvalue weighted by Crippen LogP contribution is -2.55. The number of carbonyl (C=O) groups excluding carboxylic acids is 1. The fraction of sp³-hybridized carbons (Fsp3) is 0.667. The lowest BCUT2D eigenvalue weighted by atomic mass is 9.99. The van der Waals surface area contributed by atoms with Gasteiger partial charge in [0.1, 0.15) is 5.82 Å². The Morgan fingerprint density at radius 2 is 2.09 bits per heavy atom. The van der Waals surface area contributed by atoms with Crippen molar-refractivity contribution in [3.63, 3.8) is 0 Å². The molecule has 2 heterocycles. The molecule has 2 rings (SSSR count). The average molecular weight is 318 g/mol. The van der Waals surface area contributed by atoms with Gasteiger partial charge in [-0.25, -0.2) is 4.98 Å². The number of hydrogen-bond acceptors (Lipinski definition) is 4. The van der Waals surface area contributed by atoms with Crippen LogP contribution in [0.4, 0.5) is 5.82 Å². The Hall–Kier alpha value is -1.62. The molecule has 5 nitrogen and oxygen atoms in total. The summed E-state index contributed by atoms with van der Waals surface area (Å²) in [5, 5.41) is 2.99. The lowest BCUT2D eigenvalue weighted by molar-refractivity contribution is -0.130. The van der Waals surface area contributed by atoms with Crippen molar-refractivity contribution in [1.82, 2.24) is 15.2 Å². The zero-order chi connectivity index (χ0) is 17.0. The smallest absolute Gasteiger partial charge is 0.237 e. The Balaban J connectivity index is 2.06. The molecule has 0 radical (unpaired) electrons. The van der Waals surface area contributed by atoms with Gasteiger partial charge in [0.25, 0.3) is 0 Å². The van der Waals surface area contributed by atoms with Crippen molar-refractivity contribution in [1.29, 1.82) is 0 Å². The van der Waals surface area contributed by atoms with Crippen molar-refractivity contribution >= 4 is 11.7 Å². The first kappa shape index (κ1) is 17.7. The van der Waals surface area contributed by atoms with Gasteiger partial charge < -0.3 is 10.2 Å². The highest BCUT2D eigenvalue weighted by molar-refractivity contribution is 5.82. The molecule has 1 fully saturated rings. The zero-order valence-electron chi connectivity index (χ0n) is 15.0. The highest BCUT2D eigenvalue weighted by atomic mass is 16.2. The van der Waals surface area contributed by atoms with Crippen molar-refractivity contribution in [2.75, 3.05) is 25.0 Å². The van der Waals surface area contributed by atoms with E-state index < -0.39 is 0 Å². The van der Waals surface area contributed by atoms with Crippen molar-refractivity contribution < 1.29 is 4.79 Å². The summed E-state index contributed by atoms with van der Waals surface area (Å²) in [7, 11) is 2.06. The third-order valence-electron chi connectivity index (χ3n) is 4.47. The maximum Gasteiger partial charge on any atom is 0.237 e. The normalized spacial score (nSPS) is 19.3. The molecule has 1 amide bonds. The molecular formula is C18H30N4O. The standard InChI is InChI=1S/C18H30N4O/c1-13(2)10-16-18(23)19-8-9-22(16)12-15-6-7-17(20-11-15)21(5)14(3)4/h6-7,11,13-14,16H,8-10,12H2,1-5H3,(H,19,23). The third-order valence-corrected chi connectivity index (χ3v) is 4.47. The number of rotatable bonds is 6. The van der Waals surface area contributed by atoms with Gasteiger partial charge in [-0.1, -0.05) is 19.9 Å². The number of anilines is 1. The van der Waals surface area contributed by atoms with E-state index in [2.05, 4.69) is 67.0 Å². The summed E-state index contributed by atoms with van der Waals surface area (Å²) < 4.78 is 0. The maximum absolute atomic E-state index is 12.2. The highest BCUT2D eigenvalue weighted by Gasteiger charge is 2.30. The zero-order valence-corrected chi connectivity index (χ0v) is 15.0. The molecule has 1 aromatic rings. The van der Waals surface area contributed by atoms with E-state index in [1.807, 2.05) is 6.20 Å². The molecule has 1 aliphatic rings. The summed E-state index contributed by atoms with van der Waals surface area (Å²) in [5.41, 5.74) is 1.16. The van der Waals surface area contributed by atoms with E-state index in [1.165, 1.54) is 0 Å². The molecular weight excluding hydrogens is 288 g/mol. The summed E-state index contributed by atoms with van der Waals surface area (Å²) in [5.74, 6) is 1.65. The van der Waals surface area contributed by atoms with E-state index in [9.17, 15) is 4.79 Å². The summed E-state index contributed by atoms with van der Waals surface area (Å²) in [4.78, 5) is 21.2. The number of amides is 1.